The highest BCUT2D eigenvalue weighted by Crippen LogP contribution is 2.54. The van der Waals surface area contributed by atoms with Crippen molar-refractivity contribution in [2.45, 2.75) is 45.3 Å². The van der Waals surface area contributed by atoms with Gasteiger partial charge in [0, 0.05) is 0 Å². The molecule has 0 saturated heterocycles. The van der Waals surface area contributed by atoms with Crippen LogP contribution >= 0.6 is 7.60 Å². The van der Waals surface area contributed by atoms with Crippen LogP contribution in [0.3, 0.4) is 0 Å². The lowest BCUT2D eigenvalue weighted by atomic mass is 10.2. The van der Waals surface area contributed by atoms with Gasteiger partial charge in [-0.05, 0) is 34.1 Å². The van der Waals surface area contributed by atoms with Gasteiger partial charge in [0.05, 0.1) is 6.16 Å². The maximum atomic E-state index is 12.6. The van der Waals surface area contributed by atoms with Gasteiger partial charge < -0.3 is 0 Å². The van der Waals surface area contributed by atoms with E-state index in [0.29, 0.717) is 6.42 Å². The molecule has 0 N–H and O–H groups in total. The predicted octanol–water partition coefficient (Wildman–Crippen LogP) is 3.61. The molecule has 0 aromatic carbocycles. The third kappa shape index (κ3) is 6.08. The molecule has 0 aliphatic heterocycles. The van der Waals surface area contributed by atoms with E-state index < -0.39 is 18.8 Å². The molecule has 0 aromatic rings. The molecule has 0 bridgehead atoms. The molecule has 0 heterocycles. The molecule has 0 atom stereocenters. The molecule has 0 aromatic heterocycles. The molecule has 0 aliphatic rings. The molecule has 0 unspecified atom stereocenters. The van der Waals surface area contributed by atoms with Crippen LogP contribution in [0.2, 0.25) is 0 Å². The maximum Gasteiger partial charge on any atom is 0.333 e. The summed E-state index contributed by atoms with van der Waals surface area (Å²) in [5.74, 6) is 4.85. The summed E-state index contributed by atoms with van der Waals surface area (Å²) in [6.07, 6.45) is 13.0. The first-order valence-electron chi connectivity index (χ1n) is 5.67. The van der Waals surface area contributed by atoms with Crippen LogP contribution in [0.1, 0.15) is 34.1 Å². The van der Waals surface area contributed by atoms with Crippen LogP contribution in [0.25, 0.3) is 0 Å². The molecule has 3 nitrogen and oxygen atoms in total. The van der Waals surface area contributed by atoms with Crippen LogP contribution in [-0.4, -0.2) is 17.4 Å². The van der Waals surface area contributed by atoms with Gasteiger partial charge in [-0.3, -0.25) is 13.6 Å². The summed E-state index contributed by atoms with van der Waals surface area (Å²) in [6.45, 7) is 10.2. The first-order chi connectivity index (χ1) is 8.10. The Kier molecular flexibility index (Phi) is 5.91. The number of hydrogen-bond donors (Lipinski definition) is 0. The molecule has 0 fully saturated rings. The van der Waals surface area contributed by atoms with Crippen LogP contribution in [0.15, 0.2) is 12.7 Å². The van der Waals surface area contributed by atoms with Crippen molar-refractivity contribution in [3.05, 3.63) is 12.7 Å². The topological polar surface area (TPSA) is 35.5 Å². The molecular weight excluding hydrogens is 247 g/mol. The highest BCUT2D eigenvalue weighted by molar-refractivity contribution is 7.53. The third-order valence-corrected chi connectivity index (χ3v) is 4.31. The molecule has 0 saturated carbocycles. The SMILES string of the molecule is C#CC(C)(C)OP(=O)(CCC=C)OC(C)(C)C#C. The van der Waals surface area contributed by atoms with E-state index >= 15 is 0 Å². The average Bonchev–Trinajstić information content (AvgIpc) is 2.25. The molecule has 4 heteroatoms. The molecule has 0 spiro atoms. The second kappa shape index (κ2) is 6.26. The second-order valence-corrected chi connectivity index (χ2v) is 6.94. The number of rotatable bonds is 7. The molecule has 0 aliphatic carbocycles. The monoisotopic (exact) mass is 268 g/mol. The summed E-state index contributed by atoms with van der Waals surface area (Å²) in [6, 6.07) is 0. The van der Waals surface area contributed by atoms with E-state index in [0.717, 1.165) is 0 Å². The maximum absolute atomic E-state index is 12.6. The van der Waals surface area contributed by atoms with Gasteiger partial charge in [-0.1, -0.05) is 17.9 Å². The van der Waals surface area contributed by atoms with Gasteiger partial charge in [0.2, 0.25) is 0 Å². The Morgan fingerprint density at radius 2 is 1.56 bits per heavy atom. The first kappa shape index (κ1) is 17.0. The third-order valence-electron chi connectivity index (χ3n) is 2.04. The zero-order chi connectivity index (χ0) is 14.4. The van der Waals surface area contributed by atoms with Crippen molar-refractivity contribution < 1.29 is 13.6 Å². The fourth-order valence-corrected chi connectivity index (χ4v) is 3.32. The fraction of sp³-hybridized carbons (Fsp3) is 0.571. The van der Waals surface area contributed by atoms with Crippen LogP contribution in [0.4, 0.5) is 0 Å². The Hall–Kier alpha value is -0.990. The van der Waals surface area contributed by atoms with E-state index in [4.69, 9.17) is 21.9 Å². The van der Waals surface area contributed by atoms with Crippen LogP contribution in [-0.2, 0) is 13.6 Å². The van der Waals surface area contributed by atoms with E-state index in [2.05, 4.69) is 18.4 Å². The molecule has 18 heavy (non-hydrogen) atoms. The summed E-state index contributed by atoms with van der Waals surface area (Å²) in [4.78, 5) is 0. The molecule has 0 rings (SSSR count). The summed E-state index contributed by atoms with van der Waals surface area (Å²) >= 11 is 0. The van der Waals surface area contributed by atoms with Crippen molar-refractivity contribution in [2.24, 2.45) is 0 Å². The Morgan fingerprint density at radius 3 is 1.83 bits per heavy atom. The summed E-state index contributed by atoms with van der Waals surface area (Å²) in [5, 5.41) is 0. The molecule has 0 amide bonds. The van der Waals surface area contributed by atoms with Gasteiger partial charge in [-0.2, -0.15) is 0 Å². The average molecular weight is 268 g/mol. The second-order valence-electron chi connectivity index (χ2n) is 4.90. The lowest BCUT2D eigenvalue weighted by molar-refractivity contribution is 0.0839. The lowest BCUT2D eigenvalue weighted by Gasteiger charge is -2.30. The van der Waals surface area contributed by atoms with E-state index in [1.54, 1.807) is 33.8 Å². The zero-order valence-corrected chi connectivity index (χ0v) is 12.4. The molecule has 0 radical (unpaired) electrons. The minimum absolute atomic E-state index is 0.201. The molecule has 100 valence electrons. The van der Waals surface area contributed by atoms with E-state index in [1.807, 2.05) is 0 Å². The van der Waals surface area contributed by atoms with Gasteiger partial charge in [0.15, 0.2) is 0 Å². The minimum atomic E-state index is -3.37. The zero-order valence-electron chi connectivity index (χ0n) is 11.5. The van der Waals surface area contributed by atoms with Crippen LogP contribution < -0.4 is 0 Å². The van der Waals surface area contributed by atoms with Gasteiger partial charge in [-0.25, -0.2) is 0 Å². The Morgan fingerprint density at radius 1 is 1.17 bits per heavy atom. The lowest BCUT2D eigenvalue weighted by Crippen LogP contribution is -2.27. The van der Waals surface area contributed by atoms with Crippen molar-refractivity contribution in [1.29, 1.82) is 0 Å². The minimum Gasteiger partial charge on any atom is -0.289 e. The largest absolute Gasteiger partial charge is 0.333 e. The molecular formula is C14H21O3P. The van der Waals surface area contributed by atoms with E-state index in [-0.39, 0.29) is 6.16 Å². The van der Waals surface area contributed by atoms with Crippen molar-refractivity contribution in [2.75, 3.05) is 6.16 Å². The standard InChI is InChI=1S/C14H21O3P/c1-8-11-12-18(15,16-13(4,5)9-2)17-14(6,7)10-3/h2-3,8H,1,11-12H2,4-7H3. The first-order valence-corrected chi connectivity index (χ1v) is 7.39. The Labute approximate surface area is 110 Å². The van der Waals surface area contributed by atoms with Gasteiger partial charge in [0.1, 0.15) is 11.2 Å². The van der Waals surface area contributed by atoms with Crippen LogP contribution in [0.5, 0.6) is 0 Å². The van der Waals surface area contributed by atoms with Crippen molar-refractivity contribution in [1.82, 2.24) is 0 Å². The number of terminal acetylenes is 2. The van der Waals surface area contributed by atoms with Crippen molar-refractivity contribution in [3.8, 4) is 24.7 Å². The number of allylic oxidation sites excluding steroid dienone is 1. The highest BCUT2D eigenvalue weighted by atomic mass is 31.2. The van der Waals surface area contributed by atoms with Crippen LogP contribution in [0, 0.1) is 24.7 Å². The Bertz CT molecular complexity index is 389. The fourth-order valence-electron chi connectivity index (χ4n) is 1.11. The quantitative estimate of drug-likeness (QED) is 0.402. The van der Waals surface area contributed by atoms with Gasteiger partial charge >= 0.3 is 7.60 Å². The summed E-state index contributed by atoms with van der Waals surface area (Å²) < 4.78 is 23.6. The number of hydrogen-bond acceptors (Lipinski definition) is 3. The Balaban J connectivity index is 5.09. The van der Waals surface area contributed by atoms with Crippen molar-refractivity contribution in [3.63, 3.8) is 0 Å². The van der Waals surface area contributed by atoms with E-state index in [9.17, 15) is 4.57 Å². The summed E-state index contributed by atoms with van der Waals surface area (Å²) in [7, 11) is -3.37. The summed E-state index contributed by atoms with van der Waals surface area (Å²) in [5.41, 5.74) is -1.94. The highest BCUT2D eigenvalue weighted by Gasteiger charge is 2.36. The van der Waals surface area contributed by atoms with E-state index in [1.165, 1.54) is 0 Å². The normalized spacial score (nSPS) is 12.6. The van der Waals surface area contributed by atoms with Gasteiger partial charge in [0.25, 0.3) is 0 Å². The smallest absolute Gasteiger partial charge is 0.289 e. The predicted molar refractivity (Wildman–Crippen MR) is 75.3 cm³/mol. The van der Waals surface area contributed by atoms with Crippen molar-refractivity contribution >= 4 is 7.60 Å². The van der Waals surface area contributed by atoms with Gasteiger partial charge in [-0.15, -0.1) is 19.4 Å².